The van der Waals surface area contributed by atoms with Crippen molar-refractivity contribution in [3.8, 4) is 0 Å². The first-order valence-electron chi connectivity index (χ1n) is 7.43. The zero-order valence-corrected chi connectivity index (χ0v) is 12.7. The molecule has 1 saturated carbocycles. The number of carbonyl (C=O) groups is 2. The van der Waals surface area contributed by atoms with Gasteiger partial charge in [-0.15, -0.1) is 0 Å². The van der Waals surface area contributed by atoms with E-state index < -0.39 is 11.9 Å². The van der Waals surface area contributed by atoms with Crippen LogP contribution < -0.4 is 16.8 Å². The summed E-state index contributed by atoms with van der Waals surface area (Å²) >= 11 is 0. The molecule has 0 unspecified atom stereocenters. The number of hydrogen-bond donors (Lipinski definition) is 4. The van der Waals surface area contributed by atoms with Crippen LogP contribution in [0.25, 0.3) is 0 Å². The predicted molar refractivity (Wildman–Crippen MR) is 80.6 cm³/mol. The Morgan fingerprint density at radius 2 is 2.05 bits per heavy atom. The van der Waals surface area contributed by atoms with Crippen LogP contribution in [0, 0.1) is 11.8 Å². The summed E-state index contributed by atoms with van der Waals surface area (Å²) in [6.07, 6.45) is 3.70. The van der Waals surface area contributed by atoms with Gasteiger partial charge in [-0.1, -0.05) is 19.8 Å². The molecule has 1 amide bonds. The quantitative estimate of drug-likeness (QED) is 0.400. The maximum absolute atomic E-state index is 11.4. The average molecular weight is 298 g/mol. The van der Waals surface area contributed by atoms with Gasteiger partial charge in [-0.2, -0.15) is 0 Å². The maximum Gasteiger partial charge on any atom is 0.306 e. The van der Waals surface area contributed by atoms with E-state index in [4.69, 9.17) is 11.5 Å². The number of nitrogens with one attached hydrogen (secondary N) is 1. The molecule has 1 fully saturated rings. The second-order valence-corrected chi connectivity index (χ2v) is 5.74. The Morgan fingerprint density at radius 3 is 2.52 bits per heavy atom. The molecule has 0 bridgehead atoms. The summed E-state index contributed by atoms with van der Waals surface area (Å²) < 4.78 is 0. The number of aliphatic carboxylic acids is 1. The van der Waals surface area contributed by atoms with Crippen LogP contribution in [0.1, 0.15) is 46.0 Å². The van der Waals surface area contributed by atoms with Gasteiger partial charge in [-0.25, -0.2) is 4.99 Å². The number of hydrogen-bond acceptors (Lipinski definition) is 3. The molecular formula is C14H26N4O3. The van der Waals surface area contributed by atoms with Crippen molar-refractivity contribution in [3.63, 3.8) is 0 Å². The molecule has 7 heteroatoms. The van der Waals surface area contributed by atoms with Gasteiger partial charge in [-0.3, -0.25) is 9.59 Å². The topological polar surface area (TPSA) is 131 Å². The van der Waals surface area contributed by atoms with E-state index in [0.29, 0.717) is 12.8 Å². The lowest BCUT2D eigenvalue weighted by Crippen LogP contribution is -2.42. The van der Waals surface area contributed by atoms with Crippen molar-refractivity contribution >= 4 is 17.8 Å². The monoisotopic (exact) mass is 298 g/mol. The van der Waals surface area contributed by atoms with Gasteiger partial charge in [0.25, 0.3) is 0 Å². The van der Waals surface area contributed by atoms with Crippen LogP contribution >= 0.6 is 0 Å². The first-order valence-corrected chi connectivity index (χ1v) is 7.43. The SMILES string of the molecule is CCCC[C@H](NC(C)=O)[C@H]1C[C@@H](C(=O)O)C[C@H]1N=C(N)N. The van der Waals surface area contributed by atoms with Crippen molar-refractivity contribution < 1.29 is 14.7 Å². The van der Waals surface area contributed by atoms with E-state index >= 15 is 0 Å². The molecule has 1 aliphatic carbocycles. The normalized spacial score (nSPS) is 26.1. The lowest BCUT2D eigenvalue weighted by Gasteiger charge is -2.27. The highest BCUT2D eigenvalue weighted by Gasteiger charge is 2.42. The summed E-state index contributed by atoms with van der Waals surface area (Å²) in [5.41, 5.74) is 10.9. The Morgan fingerprint density at radius 1 is 1.38 bits per heavy atom. The molecule has 6 N–H and O–H groups in total. The Bertz CT molecular complexity index is 407. The third-order valence-electron chi connectivity index (χ3n) is 4.02. The molecule has 0 heterocycles. The molecule has 21 heavy (non-hydrogen) atoms. The summed E-state index contributed by atoms with van der Waals surface area (Å²) in [5.74, 6) is -1.47. The zero-order chi connectivity index (χ0) is 16.0. The van der Waals surface area contributed by atoms with Gasteiger partial charge >= 0.3 is 5.97 Å². The number of nitrogens with two attached hydrogens (primary N) is 2. The second kappa shape index (κ2) is 7.85. The predicted octanol–water partition coefficient (Wildman–Crippen LogP) is 0.434. The van der Waals surface area contributed by atoms with Gasteiger partial charge in [0.2, 0.25) is 5.91 Å². The first kappa shape index (κ1) is 17.3. The summed E-state index contributed by atoms with van der Waals surface area (Å²) in [6, 6.07) is -0.329. The van der Waals surface area contributed by atoms with Crippen molar-refractivity contribution in [2.24, 2.45) is 28.3 Å². The molecule has 0 aliphatic heterocycles. The molecule has 4 atom stereocenters. The summed E-state index contributed by atoms with van der Waals surface area (Å²) in [7, 11) is 0. The van der Waals surface area contributed by atoms with Crippen molar-refractivity contribution in [2.45, 2.75) is 58.0 Å². The van der Waals surface area contributed by atoms with E-state index in [1.807, 2.05) is 0 Å². The summed E-state index contributed by atoms with van der Waals surface area (Å²) in [6.45, 7) is 3.55. The number of nitrogens with zero attached hydrogens (tertiary/aromatic N) is 1. The van der Waals surface area contributed by atoms with Gasteiger partial charge in [-0.05, 0) is 19.3 Å². The van der Waals surface area contributed by atoms with Crippen LogP contribution in [0.2, 0.25) is 0 Å². The van der Waals surface area contributed by atoms with Gasteiger partial charge in [0.15, 0.2) is 5.96 Å². The van der Waals surface area contributed by atoms with Gasteiger partial charge in [0, 0.05) is 18.9 Å². The minimum Gasteiger partial charge on any atom is -0.481 e. The number of carboxylic acid groups (broad SMARTS) is 1. The highest BCUT2D eigenvalue weighted by molar-refractivity contribution is 5.76. The number of carboxylic acids is 1. The van der Waals surface area contributed by atoms with Crippen molar-refractivity contribution in [3.05, 3.63) is 0 Å². The highest BCUT2D eigenvalue weighted by Crippen LogP contribution is 2.37. The molecule has 1 rings (SSSR count). The highest BCUT2D eigenvalue weighted by atomic mass is 16.4. The van der Waals surface area contributed by atoms with Crippen LogP contribution in [0.15, 0.2) is 4.99 Å². The zero-order valence-electron chi connectivity index (χ0n) is 12.7. The van der Waals surface area contributed by atoms with Crippen molar-refractivity contribution in [2.75, 3.05) is 0 Å². The molecule has 0 saturated heterocycles. The van der Waals surface area contributed by atoms with E-state index in [2.05, 4.69) is 17.2 Å². The molecule has 1 aliphatic rings. The first-order chi connectivity index (χ1) is 9.85. The Balaban J connectivity index is 2.91. The van der Waals surface area contributed by atoms with Crippen LogP contribution in [-0.2, 0) is 9.59 Å². The summed E-state index contributed by atoms with van der Waals surface area (Å²) in [4.78, 5) is 26.8. The number of aliphatic imine (C=N–C) groups is 1. The largest absolute Gasteiger partial charge is 0.481 e. The third kappa shape index (κ3) is 5.24. The maximum atomic E-state index is 11.4. The fraction of sp³-hybridized carbons (Fsp3) is 0.786. The molecular weight excluding hydrogens is 272 g/mol. The smallest absolute Gasteiger partial charge is 0.306 e. The average Bonchev–Trinajstić information content (AvgIpc) is 2.77. The minimum absolute atomic E-state index is 0.0342. The van der Waals surface area contributed by atoms with E-state index in [9.17, 15) is 14.7 Å². The number of rotatable bonds is 7. The molecule has 0 radical (unpaired) electrons. The molecule has 120 valence electrons. The molecule has 0 spiro atoms. The van der Waals surface area contributed by atoms with E-state index in [1.54, 1.807) is 0 Å². The number of unbranched alkanes of at least 4 members (excludes halogenated alkanes) is 1. The van der Waals surface area contributed by atoms with Gasteiger partial charge in [0.05, 0.1) is 12.0 Å². The lowest BCUT2D eigenvalue weighted by atomic mass is 9.90. The Kier molecular flexibility index (Phi) is 6.45. The molecule has 0 aromatic carbocycles. The van der Waals surface area contributed by atoms with E-state index in [0.717, 1.165) is 19.3 Å². The summed E-state index contributed by atoms with van der Waals surface area (Å²) in [5, 5.41) is 12.2. The van der Waals surface area contributed by atoms with Gasteiger partial charge < -0.3 is 21.9 Å². The lowest BCUT2D eigenvalue weighted by molar-refractivity contribution is -0.141. The number of guanidine groups is 1. The van der Waals surface area contributed by atoms with E-state index in [1.165, 1.54) is 6.92 Å². The third-order valence-corrected chi connectivity index (χ3v) is 4.02. The Labute approximate surface area is 125 Å². The second-order valence-electron chi connectivity index (χ2n) is 5.74. The van der Waals surface area contributed by atoms with Crippen LogP contribution in [-0.4, -0.2) is 35.0 Å². The van der Waals surface area contributed by atoms with Gasteiger partial charge in [0.1, 0.15) is 0 Å². The molecule has 7 nitrogen and oxygen atoms in total. The van der Waals surface area contributed by atoms with Crippen LogP contribution in [0.5, 0.6) is 0 Å². The molecule has 0 aromatic rings. The minimum atomic E-state index is -0.828. The fourth-order valence-electron chi connectivity index (χ4n) is 3.10. The number of amides is 1. The van der Waals surface area contributed by atoms with Crippen LogP contribution in [0.3, 0.4) is 0 Å². The van der Waals surface area contributed by atoms with E-state index in [-0.39, 0.29) is 29.9 Å². The van der Waals surface area contributed by atoms with Crippen molar-refractivity contribution in [1.82, 2.24) is 5.32 Å². The standard InChI is InChI=1S/C14H26N4O3/c1-3-4-5-11(17-8(2)19)10-6-9(13(20)21)7-12(10)18-14(15)16/h9-12H,3-7H2,1-2H3,(H,17,19)(H,20,21)(H4,15,16,18)/t9-,10-,11+,12-/m1/s1. The Hall–Kier alpha value is -1.79. The number of carbonyl (C=O) groups excluding carboxylic acids is 1. The fourth-order valence-corrected chi connectivity index (χ4v) is 3.10. The van der Waals surface area contributed by atoms with Crippen molar-refractivity contribution in [1.29, 1.82) is 0 Å². The molecule has 0 aromatic heterocycles. The van der Waals surface area contributed by atoms with Crippen LogP contribution in [0.4, 0.5) is 0 Å².